The van der Waals surface area contributed by atoms with Crippen molar-refractivity contribution in [3.63, 3.8) is 0 Å². The first-order valence-electron chi connectivity index (χ1n) is 7.63. The van der Waals surface area contributed by atoms with E-state index in [1.54, 1.807) is 21.7 Å². The third-order valence-corrected chi connectivity index (χ3v) is 4.11. The topological polar surface area (TPSA) is 80.4 Å². The van der Waals surface area contributed by atoms with Crippen molar-refractivity contribution in [3.8, 4) is 0 Å². The van der Waals surface area contributed by atoms with Crippen LogP contribution in [0.1, 0.15) is 41.3 Å². The van der Waals surface area contributed by atoms with Gasteiger partial charge in [0.25, 0.3) is 5.91 Å². The Morgan fingerprint density at radius 1 is 1.39 bits per heavy atom. The molecule has 1 aliphatic rings. The van der Waals surface area contributed by atoms with E-state index < -0.39 is 0 Å². The molecule has 1 saturated heterocycles. The van der Waals surface area contributed by atoms with Crippen LogP contribution in [0.3, 0.4) is 0 Å². The van der Waals surface area contributed by atoms with Gasteiger partial charge in [0.05, 0.1) is 6.04 Å². The number of aromatic nitrogens is 2. The second kappa shape index (κ2) is 5.91. The maximum atomic E-state index is 12.5. The fourth-order valence-electron chi connectivity index (χ4n) is 2.77. The Bertz CT molecular complexity index is 727. The summed E-state index contributed by atoms with van der Waals surface area (Å²) in [5.41, 5.74) is 0.983. The molecular weight excluding hydrogens is 296 g/mol. The summed E-state index contributed by atoms with van der Waals surface area (Å²) in [7, 11) is 0. The maximum Gasteiger partial charge on any atom is 0.289 e. The van der Waals surface area contributed by atoms with Crippen molar-refractivity contribution in [1.29, 1.82) is 0 Å². The number of likely N-dealkylation sites (tertiary alicyclic amines) is 1. The number of nitrogens with one attached hydrogen (secondary N) is 1. The minimum Gasteiger partial charge on any atom is -0.456 e. The van der Waals surface area contributed by atoms with Crippen LogP contribution in [0, 0.1) is 13.8 Å². The lowest BCUT2D eigenvalue weighted by Crippen LogP contribution is -2.28. The summed E-state index contributed by atoms with van der Waals surface area (Å²) in [6.07, 6.45) is 2.65. The lowest BCUT2D eigenvalue weighted by Gasteiger charge is -2.15. The Hall–Kier alpha value is -2.57. The van der Waals surface area contributed by atoms with Gasteiger partial charge in [-0.15, -0.1) is 0 Å². The fourth-order valence-corrected chi connectivity index (χ4v) is 2.77. The SMILES string of the molecule is CC(=O)Nc1ccn([C@@H]2CCN(C(=O)c3cc(C)c(C)o3)C2)n1. The molecule has 3 rings (SSSR count). The first-order valence-corrected chi connectivity index (χ1v) is 7.63. The summed E-state index contributed by atoms with van der Waals surface area (Å²) >= 11 is 0. The van der Waals surface area contributed by atoms with Crippen LogP contribution in [-0.2, 0) is 4.79 Å². The van der Waals surface area contributed by atoms with Crippen molar-refractivity contribution in [1.82, 2.24) is 14.7 Å². The molecular formula is C16H20N4O3. The van der Waals surface area contributed by atoms with Gasteiger partial charge in [0.1, 0.15) is 5.76 Å². The summed E-state index contributed by atoms with van der Waals surface area (Å²) in [4.78, 5) is 25.3. The molecule has 2 amide bonds. The van der Waals surface area contributed by atoms with Crippen LogP contribution in [0.15, 0.2) is 22.7 Å². The van der Waals surface area contributed by atoms with E-state index in [0.717, 1.165) is 17.7 Å². The molecule has 1 fully saturated rings. The van der Waals surface area contributed by atoms with Crippen molar-refractivity contribution in [3.05, 3.63) is 35.4 Å². The molecule has 23 heavy (non-hydrogen) atoms. The summed E-state index contributed by atoms with van der Waals surface area (Å²) in [6, 6.07) is 3.65. The standard InChI is InChI=1S/C16H20N4O3/c1-10-8-14(23-11(10)2)16(22)19-6-4-13(9-19)20-7-5-15(18-20)17-12(3)21/h5,7-8,13H,4,6,9H2,1-3H3,(H,17,18,21)/t13-/m1/s1. The van der Waals surface area contributed by atoms with Crippen molar-refractivity contribution >= 4 is 17.6 Å². The number of aryl methyl sites for hydroxylation is 2. The molecule has 1 N–H and O–H groups in total. The highest BCUT2D eigenvalue weighted by Gasteiger charge is 2.30. The molecule has 7 heteroatoms. The van der Waals surface area contributed by atoms with Gasteiger partial charge in [0, 0.05) is 32.3 Å². The summed E-state index contributed by atoms with van der Waals surface area (Å²) < 4.78 is 7.32. The zero-order chi connectivity index (χ0) is 16.6. The van der Waals surface area contributed by atoms with Crippen molar-refractivity contribution in [2.45, 2.75) is 33.2 Å². The van der Waals surface area contributed by atoms with Crippen molar-refractivity contribution in [2.24, 2.45) is 0 Å². The second-order valence-corrected chi connectivity index (χ2v) is 5.91. The normalized spacial score (nSPS) is 17.5. The maximum absolute atomic E-state index is 12.5. The van der Waals surface area contributed by atoms with Gasteiger partial charge in [-0.05, 0) is 31.9 Å². The number of carbonyl (C=O) groups is 2. The molecule has 122 valence electrons. The van der Waals surface area contributed by atoms with Gasteiger partial charge < -0.3 is 14.6 Å². The van der Waals surface area contributed by atoms with E-state index in [0.29, 0.717) is 24.7 Å². The molecule has 0 aliphatic carbocycles. The van der Waals surface area contributed by atoms with Crippen LogP contribution in [0.25, 0.3) is 0 Å². The van der Waals surface area contributed by atoms with Gasteiger partial charge in [0.2, 0.25) is 5.91 Å². The van der Waals surface area contributed by atoms with E-state index >= 15 is 0 Å². The zero-order valence-electron chi connectivity index (χ0n) is 13.5. The van der Waals surface area contributed by atoms with Gasteiger partial charge in [-0.2, -0.15) is 5.10 Å². The molecule has 7 nitrogen and oxygen atoms in total. The Kier molecular flexibility index (Phi) is 3.94. The van der Waals surface area contributed by atoms with Crippen LogP contribution >= 0.6 is 0 Å². The number of nitrogens with zero attached hydrogens (tertiary/aromatic N) is 3. The Morgan fingerprint density at radius 2 is 2.17 bits per heavy atom. The van der Waals surface area contributed by atoms with E-state index in [2.05, 4.69) is 10.4 Å². The monoisotopic (exact) mass is 316 g/mol. The van der Waals surface area contributed by atoms with Gasteiger partial charge in [0.15, 0.2) is 11.6 Å². The van der Waals surface area contributed by atoms with E-state index in [9.17, 15) is 9.59 Å². The molecule has 1 atom stereocenters. The Balaban J connectivity index is 1.67. The molecule has 0 unspecified atom stereocenters. The first-order chi connectivity index (χ1) is 10.9. The lowest BCUT2D eigenvalue weighted by atomic mass is 10.2. The highest BCUT2D eigenvalue weighted by atomic mass is 16.4. The van der Waals surface area contributed by atoms with E-state index in [1.807, 2.05) is 20.0 Å². The Labute approximate surface area is 134 Å². The number of hydrogen-bond acceptors (Lipinski definition) is 4. The number of hydrogen-bond donors (Lipinski definition) is 1. The molecule has 3 heterocycles. The summed E-state index contributed by atoms with van der Waals surface area (Å²) in [5, 5.41) is 6.99. The Morgan fingerprint density at radius 3 is 2.83 bits per heavy atom. The highest BCUT2D eigenvalue weighted by Crippen LogP contribution is 2.24. The van der Waals surface area contributed by atoms with Crippen molar-refractivity contribution in [2.75, 3.05) is 18.4 Å². The molecule has 0 spiro atoms. The molecule has 0 bridgehead atoms. The van der Waals surface area contributed by atoms with E-state index in [4.69, 9.17) is 4.42 Å². The molecule has 0 radical (unpaired) electrons. The lowest BCUT2D eigenvalue weighted by molar-refractivity contribution is -0.114. The smallest absolute Gasteiger partial charge is 0.289 e. The van der Waals surface area contributed by atoms with Gasteiger partial charge >= 0.3 is 0 Å². The van der Waals surface area contributed by atoms with Gasteiger partial charge in [-0.3, -0.25) is 14.3 Å². The number of anilines is 1. The molecule has 0 saturated carbocycles. The minimum absolute atomic E-state index is 0.0852. The molecule has 2 aromatic rings. The van der Waals surface area contributed by atoms with Crippen LogP contribution in [0.2, 0.25) is 0 Å². The molecule has 0 aromatic carbocycles. The van der Waals surface area contributed by atoms with Crippen molar-refractivity contribution < 1.29 is 14.0 Å². The van der Waals surface area contributed by atoms with Crippen LogP contribution in [0.4, 0.5) is 5.82 Å². The average Bonchev–Trinajstić information content (AvgIpc) is 3.18. The number of rotatable bonds is 3. The minimum atomic E-state index is -0.151. The first kappa shape index (κ1) is 15.3. The summed E-state index contributed by atoms with van der Waals surface area (Å²) in [6.45, 7) is 6.47. The van der Waals surface area contributed by atoms with Crippen LogP contribution in [-0.4, -0.2) is 39.6 Å². The largest absolute Gasteiger partial charge is 0.456 e. The fraction of sp³-hybridized carbons (Fsp3) is 0.438. The van der Waals surface area contributed by atoms with Gasteiger partial charge in [-0.1, -0.05) is 0 Å². The predicted octanol–water partition coefficient (Wildman–Crippen LogP) is 2.14. The predicted molar refractivity (Wildman–Crippen MR) is 84.3 cm³/mol. The van der Waals surface area contributed by atoms with E-state index in [1.165, 1.54) is 6.92 Å². The zero-order valence-corrected chi connectivity index (χ0v) is 13.5. The number of furan rings is 1. The van der Waals surface area contributed by atoms with Gasteiger partial charge in [-0.25, -0.2) is 0 Å². The quantitative estimate of drug-likeness (QED) is 0.940. The average molecular weight is 316 g/mol. The second-order valence-electron chi connectivity index (χ2n) is 5.91. The molecule has 1 aliphatic heterocycles. The summed E-state index contributed by atoms with van der Waals surface area (Å²) in [5.74, 6) is 1.45. The van der Waals surface area contributed by atoms with Crippen LogP contribution < -0.4 is 5.32 Å². The highest BCUT2D eigenvalue weighted by molar-refractivity contribution is 5.92. The van der Waals surface area contributed by atoms with Crippen LogP contribution in [0.5, 0.6) is 0 Å². The third-order valence-electron chi connectivity index (χ3n) is 4.11. The molecule has 2 aromatic heterocycles. The number of amides is 2. The number of carbonyl (C=O) groups excluding carboxylic acids is 2. The van der Waals surface area contributed by atoms with E-state index in [-0.39, 0.29) is 17.9 Å². The third kappa shape index (κ3) is 3.13.